The zero-order valence-electron chi connectivity index (χ0n) is 22.4. The Hall–Kier alpha value is -1.78. The molecule has 2 amide bonds. The van der Waals surface area contributed by atoms with Crippen molar-refractivity contribution in [3.8, 4) is 5.75 Å². The summed E-state index contributed by atoms with van der Waals surface area (Å²) in [6.45, 7) is 2.17. The van der Waals surface area contributed by atoms with Gasteiger partial charge in [0.05, 0.1) is 29.0 Å². The number of phosphoric acid groups is 2. The Morgan fingerprint density at radius 1 is 1.00 bits per heavy atom. The first-order chi connectivity index (χ1) is 19.4. The van der Waals surface area contributed by atoms with Gasteiger partial charge in [0.1, 0.15) is 17.4 Å². The molecule has 1 aliphatic rings. The summed E-state index contributed by atoms with van der Waals surface area (Å²) in [7, 11) is -19.3. The van der Waals surface area contributed by atoms with Gasteiger partial charge in [0, 0.05) is 6.42 Å². The van der Waals surface area contributed by atoms with E-state index in [9.17, 15) is 54.7 Å². The van der Waals surface area contributed by atoms with Gasteiger partial charge >= 0.3 is 21.6 Å². The van der Waals surface area contributed by atoms with E-state index in [-0.39, 0.29) is 0 Å². The van der Waals surface area contributed by atoms with Crippen LogP contribution >= 0.6 is 27.4 Å². The topological polar surface area (TPSA) is 284 Å². The molecule has 3 atom stereocenters. The number of rotatable bonds is 15. The summed E-state index contributed by atoms with van der Waals surface area (Å²) in [5.74, 6) is -4.70. The molecule has 0 spiro atoms. The van der Waals surface area contributed by atoms with Crippen molar-refractivity contribution in [3.63, 3.8) is 0 Å². The van der Waals surface area contributed by atoms with Crippen LogP contribution in [0.5, 0.6) is 5.75 Å². The molecule has 3 unspecified atom stereocenters. The van der Waals surface area contributed by atoms with E-state index >= 15 is 0 Å². The van der Waals surface area contributed by atoms with Crippen molar-refractivity contribution in [2.45, 2.75) is 47.8 Å². The number of benzene rings is 1. The number of thioether (sulfide) groups is 1. The molecule has 24 heteroatoms. The van der Waals surface area contributed by atoms with E-state index in [1.807, 2.05) is 0 Å². The van der Waals surface area contributed by atoms with Crippen LogP contribution < -0.4 is 4.74 Å². The van der Waals surface area contributed by atoms with Crippen LogP contribution in [0.2, 0.25) is 0 Å². The zero-order valence-corrected chi connectivity index (χ0v) is 26.7. The molecule has 0 bridgehead atoms. The van der Waals surface area contributed by atoms with Crippen molar-refractivity contribution in [2.24, 2.45) is 0 Å². The lowest BCUT2D eigenvalue weighted by Gasteiger charge is -2.22. The average molecular weight is 716 g/mol. The molecule has 2 rings (SSSR count). The average Bonchev–Trinajstić information content (AvgIpc) is 3.06. The SMILES string of the molecule is CC(C)(C)OP(=O)(O)OCCOP(=O)(O)OCSC1CC(=O)N(CC(=O)Oc2ccc(S(=O)(=O)O)cc2S(=O)(=O)O)C1=O. The summed E-state index contributed by atoms with van der Waals surface area (Å²) in [5.41, 5.74) is -1.01. The third kappa shape index (κ3) is 12.3. The quantitative estimate of drug-likeness (QED) is 0.0374. The Morgan fingerprint density at radius 3 is 2.12 bits per heavy atom. The molecule has 244 valence electrons. The highest BCUT2D eigenvalue weighted by molar-refractivity contribution is 8.00. The van der Waals surface area contributed by atoms with Crippen LogP contribution in [0.15, 0.2) is 28.0 Å². The lowest BCUT2D eigenvalue weighted by Crippen LogP contribution is -2.37. The lowest BCUT2D eigenvalue weighted by atomic mass is 10.2. The fraction of sp³-hybridized carbons (Fsp3) is 0.526. The minimum absolute atomic E-state index is 0.315. The van der Waals surface area contributed by atoms with Gasteiger partial charge < -0.3 is 14.5 Å². The predicted molar refractivity (Wildman–Crippen MR) is 143 cm³/mol. The summed E-state index contributed by atoms with van der Waals surface area (Å²) < 4.78 is 111. The summed E-state index contributed by atoms with van der Waals surface area (Å²) in [4.78, 5) is 54.8. The van der Waals surface area contributed by atoms with E-state index < -0.39 is 112 Å². The van der Waals surface area contributed by atoms with Gasteiger partial charge in [-0.1, -0.05) is 0 Å². The van der Waals surface area contributed by atoms with Gasteiger partial charge in [-0.2, -0.15) is 16.8 Å². The number of nitrogens with zero attached hydrogens (tertiary/aromatic N) is 1. The van der Waals surface area contributed by atoms with Crippen molar-refractivity contribution in [1.82, 2.24) is 4.90 Å². The second kappa shape index (κ2) is 14.1. The molecule has 1 aromatic rings. The Bertz CT molecular complexity index is 1550. The number of imide groups is 1. The number of hydrogen-bond donors (Lipinski definition) is 4. The van der Waals surface area contributed by atoms with Gasteiger partial charge in [0.25, 0.3) is 20.2 Å². The molecule has 0 aliphatic carbocycles. The van der Waals surface area contributed by atoms with Crippen LogP contribution in [0.1, 0.15) is 27.2 Å². The number of carbonyl (C=O) groups excluding carboxylic acids is 3. The summed E-state index contributed by atoms with van der Waals surface area (Å²) >= 11 is 0.590. The maximum atomic E-state index is 12.6. The predicted octanol–water partition coefficient (Wildman–Crippen LogP) is 0.969. The molecular formula is C19H27NO18P2S3. The molecule has 1 aromatic carbocycles. The van der Waals surface area contributed by atoms with Crippen LogP contribution in [-0.4, -0.2) is 95.0 Å². The van der Waals surface area contributed by atoms with E-state index in [4.69, 9.17) is 13.8 Å². The summed E-state index contributed by atoms with van der Waals surface area (Å²) in [6.07, 6.45) is -0.469. The molecule has 0 saturated carbocycles. The van der Waals surface area contributed by atoms with E-state index in [0.29, 0.717) is 34.9 Å². The fourth-order valence-corrected chi connectivity index (χ4v) is 7.18. The van der Waals surface area contributed by atoms with Crippen LogP contribution in [-0.2, 0) is 61.8 Å². The first-order valence-electron chi connectivity index (χ1n) is 11.5. The standard InChI is InChI=1S/C19H27NO18P2S3/c1-19(2,3)38-40(26,27)35-7-6-34-39(24,25)36-11-41-14-9-16(21)20(18(14)23)10-17(22)37-13-5-4-12(42(28,29)30)8-15(13)43(31,32)33/h4-5,8,14H,6-7,9-11H2,1-3H3,(H,24,25)(H,26,27)(H,28,29,30)(H,31,32,33). The number of esters is 1. The van der Waals surface area contributed by atoms with E-state index in [1.165, 1.54) is 20.8 Å². The zero-order chi connectivity index (χ0) is 33.0. The monoisotopic (exact) mass is 715 g/mol. The molecule has 1 fully saturated rings. The van der Waals surface area contributed by atoms with Crippen LogP contribution in [0.4, 0.5) is 0 Å². The van der Waals surface area contributed by atoms with Crippen molar-refractivity contribution < 1.29 is 82.1 Å². The fourth-order valence-electron chi connectivity index (χ4n) is 3.06. The van der Waals surface area contributed by atoms with Gasteiger partial charge in [-0.25, -0.2) is 13.9 Å². The minimum Gasteiger partial charge on any atom is -0.424 e. The molecule has 43 heavy (non-hydrogen) atoms. The molecule has 4 N–H and O–H groups in total. The number of hydrogen-bond acceptors (Lipinski definition) is 15. The minimum atomic E-state index is -5.17. The number of ether oxygens (including phenoxy) is 1. The Morgan fingerprint density at radius 2 is 1.58 bits per heavy atom. The normalized spacial score (nSPS) is 19.2. The molecule has 1 aliphatic heterocycles. The molecule has 0 aromatic heterocycles. The highest BCUT2D eigenvalue weighted by Crippen LogP contribution is 2.48. The van der Waals surface area contributed by atoms with E-state index in [2.05, 4.69) is 13.6 Å². The Balaban J connectivity index is 1.90. The van der Waals surface area contributed by atoms with Gasteiger partial charge in [0.15, 0.2) is 5.75 Å². The second-order valence-electron chi connectivity index (χ2n) is 9.26. The number of amides is 2. The largest absolute Gasteiger partial charge is 0.473 e. The molecule has 1 saturated heterocycles. The van der Waals surface area contributed by atoms with Gasteiger partial charge in [0.2, 0.25) is 11.8 Å². The molecular weight excluding hydrogens is 688 g/mol. The molecule has 1 heterocycles. The number of carbonyl (C=O) groups is 3. The Kier molecular flexibility index (Phi) is 12.3. The Labute approximate surface area is 249 Å². The van der Waals surface area contributed by atoms with Gasteiger partial charge in [-0.3, -0.25) is 41.7 Å². The van der Waals surface area contributed by atoms with Gasteiger partial charge in [-0.15, -0.1) is 11.8 Å². The number of likely N-dealkylation sites (tertiary alicyclic amines) is 1. The first kappa shape index (κ1) is 37.4. The van der Waals surface area contributed by atoms with Crippen molar-refractivity contribution in [1.29, 1.82) is 0 Å². The maximum absolute atomic E-state index is 12.6. The number of phosphoric ester groups is 2. The lowest BCUT2D eigenvalue weighted by molar-refractivity contribution is -0.147. The van der Waals surface area contributed by atoms with Crippen LogP contribution in [0.3, 0.4) is 0 Å². The maximum Gasteiger partial charge on any atom is 0.473 e. The second-order valence-corrected chi connectivity index (χ2v) is 16.0. The van der Waals surface area contributed by atoms with E-state index in [0.717, 1.165) is 0 Å². The van der Waals surface area contributed by atoms with Crippen LogP contribution in [0, 0.1) is 0 Å². The van der Waals surface area contributed by atoms with Crippen molar-refractivity contribution in [3.05, 3.63) is 18.2 Å². The molecule has 19 nitrogen and oxygen atoms in total. The highest BCUT2D eigenvalue weighted by Gasteiger charge is 2.41. The van der Waals surface area contributed by atoms with Gasteiger partial charge in [-0.05, 0) is 39.0 Å². The first-order valence-corrected chi connectivity index (χ1v) is 18.4. The van der Waals surface area contributed by atoms with E-state index in [1.54, 1.807) is 0 Å². The van der Waals surface area contributed by atoms with Crippen molar-refractivity contribution in [2.75, 3.05) is 25.7 Å². The third-order valence-corrected chi connectivity index (χ3v) is 9.85. The van der Waals surface area contributed by atoms with Crippen molar-refractivity contribution >= 4 is 65.4 Å². The summed E-state index contributed by atoms with van der Waals surface area (Å²) in [5, 5.41) is -1.18. The third-order valence-electron chi connectivity index (χ3n) is 4.67. The summed E-state index contributed by atoms with van der Waals surface area (Å²) in [6, 6.07) is 1.61. The smallest absolute Gasteiger partial charge is 0.424 e. The highest BCUT2D eigenvalue weighted by atomic mass is 32.2. The van der Waals surface area contributed by atoms with Crippen LogP contribution in [0.25, 0.3) is 0 Å². The molecule has 0 radical (unpaired) electrons.